The fourth-order valence-electron chi connectivity index (χ4n) is 3.30. The Kier molecular flexibility index (Phi) is 15.9. The number of hydrogen-bond donors (Lipinski definition) is 0. The summed E-state index contributed by atoms with van der Waals surface area (Å²) in [5.41, 5.74) is 0. The molecule has 0 radical (unpaired) electrons. The van der Waals surface area contributed by atoms with E-state index in [4.69, 9.17) is 23.7 Å². The minimum Gasteiger partial charge on any atom is -0.379 e. The van der Waals surface area contributed by atoms with Crippen LogP contribution in [0.5, 0.6) is 0 Å². The first-order valence-electron chi connectivity index (χ1n) is 11.5. The van der Waals surface area contributed by atoms with Gasteiger partial charge in [-0.2, -0.15) is 0 Å². The Bertz CT molecular complexity index is 363. The van der Waals surface area contributed by atoms with E-state index in [0.717, 1.165) is 38.9 Å². The highest BCUT2D eigenvalue weighted by atomic mass is 16.7. The molecule has 1 rings (SSSR count). The molecule has 0 unspecified atom stereocenters. The van der Waals surface area contributed by atoms with Crippen LogP contribution in [-0.2, 0) is 23.7 Å². The quantitative estimate of drug-likeness (QED) is 0.218. The number of unbranched alkanes of at least 4 members (excludes halogenated alkanes) is 6. The molecular weight excluding hydrogens is 356 g/mol. The van der Waals surface area contributed by atoms with Crippen molar-refractivity contribution in [2.75, 3.05) is 33.0 Å². The van der Waals surface area contributed by atoms with Crippen LogP contribution in [0.2, 0.25) is 0 Å². The largest absolute Gasteiger partial charge is 0.379 e. The SMILES string of the molecule is C=CCO[C@H]1O[C@H](COCCCCC)[C@@H](OCCCCC)[C@H]1OCCCCC. The molecule has 0 aromatic carbocycles. The first-order chi connectivity index (χ1) is 13.8. The average molecular weight is 401 g/mol. The maximum absolute atomic E-state index is 6.24. The minimum atomic E-state index is -0.431. The van der Waals surface area contributed by atoms with E-state index >= 15 is 0 Å². The Balaban J connectivity index is 2.65. The molecule has 166 valence electrons. The van der Waals surface area contributed by atoms with Crippen LogP contribution >= 0.6 is 0 Å². The van der Waals surface area contributed by atoms with E-state index in [1.807, 2.05) is 0 Å². The third-order valence-corrected chi connectivity index (χ3v) is 4.94. The molecule has 0 N–H and O–H groups in total. The second-order valence-electron chi connectivity index (χ2n) is 7.53. The summed E-state index contributed by atoms with van der Waals surface area (Å²) in [5.74, 6) is 0. The zero-order valence-electron chi connectivity index (χ0n) is 18.5. The molecule has 0 saturated carbocycles. The van der Waals surface area contributed by atoms with E-state index in [1.54, 1.807) is 6.08 Å². The molecule has 1 heterocycles. The van der Waals surface area contributed by atoms with Crippen molar-refractivity contribution in [3.63, 3.8) is 0 Å². The van der Waals surface area contributed by atoms with E-state index < -0.39 is 6.29 Å². The Labute approximate surface area is 173 Å². The van der Waals surface area contributed by atoms with Crippen LogP contribution in [0.15, 0.2) is 12.7 Å². The van der Waals surface area contributed by atoms with E-state index in [2.05, 4.69) is 27.4 Å². The number of ether oxygens (including phenoxy) is 5. The van der Waals surface area contributed by atoms with Crippen molar-refractivity contribution in [2.24, 2.45) is 0 Å². The van der Waals surface area contributed by atoms with Gasteiger partial charge in [0, 0.05) is 19.8 Å². The molecule has 28 heavy (non-hydrogen) atoms. The first-order valence-corrected chi connectivity index (χ1v) is 11.5. The lowest BCUT2D eigenvalue weighted by Crippen LogP contribution is -2.40. The number of hydrogen-bond acceptors (Lipinski definition) is 5. The van der Waals surface area contributed by atoms with Gasteiger partial charge in [0.2, 0.25) is 0 Å². The molecular formula is C23H44O5. The van der Waals surface area contributed by atoms with Gasteiger partial charge in [-0.05, 0) is 19.3 Å². The predicted octanol–water partition coefficient (Wildman–Crippen LogP) is 5.27. The highest BCUT2D eigenvalue weighted by molar-refractivity contribution is 4.90. The van der Waals surface area contributed by atoms with Gasteiger partial charge in [-0.3, -0.25) is 0 Å². The smallest absolute Gasteiger partial charge is 0.187 e. The average Bonchev–Trinajstić information content (AvgIpc) is 3.03. The Hall–Kier alpha value is -0.460. The van der Waals surface area contributed by atoms with Gasteiger partial charge in [0.15, 0.2) is 6.29 Å². The van der Waals surface area contributed by atoms with Crippen LogP contribution in [0.3, 0.4) is 0 Å². The van der Waals surface area contributed by atoms with Crippen molar-refractivity contribution < 1.29 is 23.7 Å². The van der Waals surface area contributed by atoms with Gasteiger partial charge < -0.3 is 23.7 Å². The third-order valence-electron chi connectivity index (χ3n) is 4.94. The summed E-state index contributed by atoms with van der Waals surface area (Å²) in [6.45, 7) is 13.5. The topological polar surface area (TPSA) is 46.2 Å². The normalized spacial score (nSPS) is 24.7. The lowest BCUT2D eigenvalue weighted by atomic mass is 10.1. The fraction of sp³-hybridized carbons (Fsp3) is 0.913. The highest BCUT2D eigenvalue weighted by Crippen LogP contribution is 2.28. The van der Waals surface area contributed by atoms with Crippen LogP contribution in [0, 0.1) is 0 Å². The Morgan fingerprint density at radius 1 is 0.750 bits per heavy atom. The zero-order chi connectivity index (χ0) is 20.5. The molecule has 1 fully saturated rings. The van der Waals surface area contributed by atoms with Gasteiger partial charge in [-0.25, -0.2) is 0 Å². The van der Waals surface area contributed by atoms with Gasteiger partial charge in [-0.15, -0.1) is 6.58 Å². The minimum absolute atomic E-state index is 0.153. The molecule has 0 aliphatic carbocycles. The molecule has 1 aliphatic heterocycles. The van der Waals surface area contributed by atoms with Crippen LogP contribution in [0.1, 0.15) is 78.6 Å². The first kappa shape index (κ1) is 25.6. The molecule has 4 atom stereocenters. The second-order valence-corrected chi connectivity index (χ2v) is 7.53. The van der Waals surface area contributed by atoms with E-state index in [9.17, 15) is 0 Å². The lowest BCUT2D eigenvalue weighted by molar-refractivity contribution is -0.176. The predicted molar refractivity (Wildman–Crippen MR) is 114 cm³/mol. The lowest BCUT2D eigenvalue weighted by Gasteiger charge is -2.24. The monoisotopic (exact) mass is 400 g/mol. The number of rotatable bonds is 19. The van der Waals surface area contributed by atoms with Gasteiger partial charge >= 0.3 is 0 Å². The molecule has 5 heteroatoms. The van der Waals surface area contributed by atoms with Gasteiger partial charge in [0.05, 0.1) is 13.2 Å². The summed E-state index contributed by atoms with van der Waals surface area (Å²) < 4.78 is 30.3. The maximum atomic E-state index is 6.24. The van der Waals surface area contributed by atoms with Crippen molar-refractivity contribution in [1.82, 2.24) is 0 Å². The summed E-state index contributed by atoms with van der Waals surface area (Å²) in [7, 11) is 0. The van der Waals surface area contributed by atoms with E-state index in [1.165, 1.54) is 32.1 Å². The maximum Gasteiger partial charge on any atom is 0.187 e. The summed E-state index contributed by atoms with van der Waals surface area (Å²) in [5, 5.41) is 0. The summed E-state index contributed by atoms with van der Waals surface area (Å²) in [4.78, 5) is 0. The van der Waals surface area contributed by atoms with Gasteiger partial charge in [0.1, 0.15) is 18.3 Å². The van der Waals surface area contributed by atoms with Gasteiger partial charge in [0.25, 0.3) is 0 Å². The molecule has 0 bridgehead atoms. The van der Waals surface area contributed by atoms with Crippen LogP contribution < -0.4 is 0 Å². The molecule has 0 spiro atoms. The van der Waals surface area contributed by atoms with Crippen molar-refractivity contribution in [1.29, 1.82) is 0 Å². The standard InChI is InChI=1S/C23H44O5/c1-5-9-12-16-24-19-20-21(25-17-13-10-6-2)22(26-18-14-11-7-3)23(28-20)27-15-8-4/h8,20-23H,4-7,9-19H2,1-3H3/t20-,21-,22-,23+/m1/s1. The van der Waals surface area contributed by atoms with Crippen LogP contribution in [-0.4, -0.2) is 57.6 Å². The Morgan fingerprint density at radius 3 is 1.89 bits per heavy atom. The molecule has 1 aliphatic rings. The van der Waals surface area contributed by atoms with Crippen molar-refractivity contribution in [3.05, 3.63) is 12.7 Å². The van der Waals surface area contributed by atoms with Gasteiger partial charge in [-0.1, -0.05) is 65.4 Å². The molecule has 0 aromatic rings. The highest BCUT2D eigenvalue weighted by Gasteiger charge is 2.47. The zero-order valence-corrected chi connectivity index (χ0v) is 18.5. The van der Waals surface area contributed by atoms with E-state index in [-0.39, 0.29) is 18.3 Å². The van der Waals surface area contributed by atoms with E-state index in [0.29, 0.717) is 19.8 Å². The molecule has 1 saturated heterocycles. The van der Waals surface area contributed by atoms with Crippen LogP contribution in [0.25, 0.3) is 0 Å². The van der Waals surface area contributed by atoms with Crippen molar-refractivity contribution in [3.8, 4) is 0 Å². The Morgan fingerprint density at radius 2 is 1.32 bits per heavy atom. The van der Waals surface area contributed by atoms with Crippen molar-refractivity contribution >= 4 is 0 Å². The molecule has 5 nitrogen and oxygen atoms in total. The molecule has 0 aromatic heterocycles. The fourth-order valence-corrected chi connectivity index (χ4v) is 3.30. The second kappa shape index (κ2) is 17.4. The third kappa shape index (κ3) is 10.4. The summed E-state index contributed by atoms with van der Waals surface area (Å²) in [6, 6.07) is 0. The van der Waals surface area contributed by atoms with Crippen LogP contribution in [0.4, 0.5) is 0 Å². The summed E-state index contributed by atoms with van der Waals surface area (Å²) >= 11 is 0. The van der Waals surface area contributed by atoms with Crippen molar-refractivity contribution in [2.45, 2.75) is 103 Å². The molecule has 0 amide bonds. The summed E-state index contributed by atoms with van der Waals surface area (Å²) in [6.07, 6.45) is 11.0.